The summed E-state index contributed by atoms with van der Waals surface area (Å²) in [6.07, 6.45) is 1.89. The Labute approximate surface area is 133 Å². The minimum Gasteiger partial charge on any atom is -0.354 e. The van der Waals surface area contributed by atoms with E-state index in [9.17, 15) is 9.59 Å². The normalized spacial score (nSPS) is 24.7. The van der Waals surface area contributed by atoms with E-state index < -0.39 is 0 Å². The Morgan fingerprint density at radius 2 is 2.05 bits per heavy atom. The van der Waals surface area contributed by atoms with Gasteiger partial charge in [0.1, 0.15) is 0 Å². The van der Waals surface area contributed by atoms with Crippen LogP contribution >= 0.6 is 23.2 Å². The Bertz CT molecular complexity index is 571. The summed E-state index contributed by atoms with van der Waals surface area (Å²) in [5, 5.41) is 3.86. The van der Waals surface area contributed by atoms with Crippen LogP contribution in [0, 0.1) is 5.92 Å². The molecule has 0 unspecified atom stereocenters. The van der Waals surface area contributed by atoms with Crippen molar-refractivity contribution in [1.82, 2.24) is 10.2 Å². The van der Waals surface area contributed by atoms with Crippen molar-refractivity contribution >= 4 is 35.0 Å². The molecule has 4 nitrogen and oxygen atoms in total. The number of piperidine rings is 1. The monoisotopic (exact) mass is 326 g/mol. The number of nitrogens with zero attached hydrogens (tertiary/aromatic N) is 1. The molecule has 2 atom stereocenters. The highest BCUT2D eigenvalue weighted by molar-refractivity contribution is 6.36. The van der Waals surface area contributed by atoms with E-state index in [1.807, 2.05) is 4.90 Å². The smallest absolute Gasteiger partial charge is 0.227 e. The molecule has 2 heterocycles. The number of carbonyl (C=O) groups excluding carboxylic acids is 2. The molecule has 21 heavy (non-hydrogen) atoms. The van der Waals surface area contributed by atoms with Crippen LogP contribution in [0.2, 0.25) is 10.0 Å². The lowest BCUT2D eigenvalue weighted by molar-refractivity contribution is -0.136. The van der Waals surface area contributed by atoms with Crippen LogP contribution < -0.4 is 5.32 Å². The number of halogens is 2. The predicted molar refractivity (Wildman–Crippen MR) is 81.4 cm³/mol. The Kier molecular flexibility index (Phi) is 4.09. The summed E-state index contributed by atoms with van der Waals surface area (Å²) in [6.45, 7) is 1.24. The Balaban J connectivity index is 1.78. The molecule has 3 rings (SSSR count). The standard InChI is InChI=1S/C15H16Cl2N2O2/c16-11-4-1-5-12(17)10(11)7-14(20)19-6-2-3-9-13(19)8-18-15(9)21/h1,4-5,9,13H,2-3,6-8H2,(H,18,21)/t9-,13-/m1/s1. The van der Waals surface area contributed by atoms with Gasteiger partial charge in [-0.25, -0.2) is 0 Å². The van der Waals surface area contributed by atoms with Gasteiger partial charge >= 0.3 is 0 Å². The minimum atomic E-state index is -0.0654. The van der Waals surface area contributed by atoms with Gasteiger partial charge in [-0.15, -0.1) is 0 Å². The number of nitrogens with one attached hydrogen (secondary N) is 1. The van der Waals surface area contributed by atoms with Crippen molar-refractivity contribution in [3.63, 3.8) is 0 Å². The van der Waals surface area contributed by atoms with Crippen LogP contribution in [0.15, 0.2) is 18.2 Å². The number of carbonyl (C=O) groups is 2. The molecule has 2 amide bonds. The molecule has 1 N–H and O–H groups in total. The molecule has 0 bridgehead atoms. The van der Waals surface area contributed by atoms with E-state index in [1.165, 1.54) is 0 Å². The fraction of sp³-hybridized carbons (Fsp3) is 0.467. The van der Waals surface area contributed by atoms with Crippen molar-refractivity contribution in [2.24, 2.45) is 5.92 Å². The molecular weight excluding hydrogens is 311 g/mol. The van der Waals surface area contributed by atoms with Crippen molar-refractivity contribution in [3.05, 3.63) is 33.8 Å². The van der Waals surface area contributed by atoms with Crippen LogP contribution in [-0.2, 0) is 16.0 Å². The van der Waals surface area contributed by atoms with Crippen LogP contribution in [0.5, 0.6) is 0 Å². The summed E-state index contributed by atoms with van der Waals surface area (Å²) >= 11 is 12.3. The number of fused-ring (bicyclic) bond motifs is 1. The van der Waals surface area contributed by atoms with Crippen molar-refractivity contribution in [3.8, 4) is 0 Å². The van der Waals surface area contributed by atoms with Gasteiger partial charge in [0, 0.05) is 23.1 Å². The van der Waals surface area contributed by atoms with Crippen LogP contribution in [0.3, 0.4) is 0 Å². The average molecular weight is 327 g/mol. The summed E-state index contributed by atoms with van der Waals surface area (Å²) < 4.78 is 0. The minimum absolute atomic E-state index is 0.0174. The van der Waals surface area contributed by atoms with E-state index in [4.69, 9.17) is 23.2 Å². The molecular formula is C15H16Cl2N2O2. The van der Waals surface area contributed by atoms with Gasteiger partial charge in [0.15, 0.2) is 0 Å². The van der Waals surface area contributed by atoms with E-state index in [0.29, 0.717) is 28.7 Å². The second kappa shape index (κ2) is 5.85. The molecule has 0 radical (unpaired) electrons. The number of hydrogen-bond acceptors (Lipinski definition) is 2. The largest absolute Gasteiger partial charge is 0.354 e. The van der Waals surface area contributed by atoms with E-state index >= 15 is 0 Å². The van der Waals surface area contributed by atoms with Crippen molar-refractivity contribution < 1.29 is 9.59 Å². The van der Waals surface area contributed by atoms with E-state index in [0.717, 1.165) is 12.8 Å². The zero-order chi connectivity index (χ0) is 15.0. The van der Waals surface area contributed by atoms with Gasteiger partial charge < -0.3 is 10.2 Å². The Morgan fingerprint density at radius 3 is 2.76 bits per heavy atom. The zero-order valence-electron chi connectivity index (χ0n) is 11.4. The van der Waals surface area contributed by atoms with Crippen molar-refractivity contribution in [2.45, 2.75) is 25.3 Å². The summed E-state index contributed by atoms with van der Waals surface area (Å²) in [7, 11) is 0. The lowest BCUT2D eigenvalue weighted by Gasteiger charge is -2.36. The topological polar surface area (TPSA) is 49.4 Å². The maximum Gasteiger partial charge on any atom is 0.227 e. The Hall–Kier alpha value is -1.26. The molecule has 2 aliphatic rings. The number of likely N-dealkylation sites (tertiary alicyclic amines) is 1. The molecule has 112 valence electrons. The molecule has 1 aromatic rings. The van der Waals surface area contributed by atoms with Gasteiger partial charge in [-0.2, -0.15) is 0 Å². The van der Waals surface area contributed by atoms with Gasteiger partial charge in [-0.3, -0.25) is 9.59 Å². The molecule has 0 saturated carbocycles. The highest BCUT2D eigenvalue weighted by Crippen LogP contribution is 2.30. The molecule has 0 aromatic heterocycles. The highest BCUT2D eigenvalue weighted by Gasteiger charge is 2.42. The predicted octanol–water partition coefficient (Wildman–Crippen LogP) is 2.27. The summed E-state index contributed by atoms with van der Waals surface area (Å²) in [5.41, 5.74) is 0.658. The molecule has 2 fully saturated rings. The number of amides is 2. The van der Waals surface area contributed by atoms with Crippen LogP contribution in [-0.4, -0.2) is 35.8 Å². The van der Waals surface area contributed by atoms with E-state index in [1.54, 1.807) is 18.2 Å². The third-order valence-corrected chi connectivity index (χ3v) is 5.02. The first kappa shape index (κ1) is 14.7. The summed E-state index contributed by atoms with van der Waals surface area (Å²) in [5.74, 6) is -0.0195. The molecule has 0 spiro atoms. The van der Waals surface area contributed by atoms with Gasteiger partial charge in [-0.1, -0.05) is 29.3 Å². The SMILES string of the molecule is O=C1NC[C@@H]2[C@H]1CCCN2C(=O)Cc1c(Cl)cccc1Cl. The maximum absolute atomic E-state index is 12.6. The maximum atomic E-state index is 12.6. The fourth-order valence-electron chi connectivity index (χ4n) is 3.22. The lowest BCUT2D eigenvalue weighted by atomic mass is 9.91. The van der Waals surface area contributed by atoms with E-state index in [-0.39, 0.29) is 30.2 Å². The average Bonchev–Trinajstić information content (AvgIpc) is 2.85. The Morgan fingerprint density at radius 1 is 1.33 bits per heavy atom. The van der Waals surface area contributed by atoms with Gasteiger partial charge in [0.05, 0.1) is 18.4 Å². The van der Waals surface area contributed by atoms with Gasteiger partial charge in [-0.05, 0) is 30.5 Å². The fourth-order valence-corrected chi connectivity index (χ4v) is 3.75. The second-order valence-electron chi connectivity index (χ2n) is 5.53. The van der Waals surface area contributed by atoms with Gasteiger partial charge in [0.2, 0.25) is 11.8 Å². The number of hydrogen-bond donors (Lipinski definition) is 1. The number of benzene rings is 1. The third kappa shape index (κ3) is 2.74. The quantitative estimate of drug-likeness (QED) is 0.906. The van der Waals surface area contributed by atoms with Crippen LogP contribution in [0.25, 0.3) is 0 Å². The van der Waals surface area contributed by atoms with Crippen molar-refractivity contribution in [1.29, 1.82) is 0 Å². The van der Waals surface area contributed by atoms with Crippen LogP contribution in [0.4, 0.5) is 0 Å². The highest BCUT2D eigenvalue weighted by atomic mass is 35.5. The molecule has 1 aromatic carbocycles. The first-order valence-corrected chi connectivity index (χ1v) is 7.83. The molecule has 6 heteroatoms. The molecule has 0 aliphatic carbocycles. The molecule has 2 saturated heterocycles. The zero-order valence-corrected chi connectivity index (χ0v) is 13.0. The number of rotatable bonds is 2. The first-order valence-electron chi connectivity index (χ1n) is 7.08. The van der Waals surface area contributed by atoms with E-state index in [2.05, 4.69) is 5.32 Å². The van der Waals surface area contributed by atoms with Crippen LogP contribution in [0.1, 0.15) is 18.4 Å². The summed E-state index contributed by atoms with van der Waals surface area (Å²) in [6, 6.07) is 5.19. The molecule has 2 aliphatic heterocycles. The lowest BCUT2D eigenvalue weighted by Crippen LogP contribution is -2.49. The second-order valence-corrected chi connectivity index (χ2v) is 6.34. The van der Waals surface area contributed by atoms with Gasteiger partial charge in [0.25, 0.3) is 0 Å². The first-order chi connectivity index (χ1) is 10.1. The third-order valence-electron chi connectivity index (χ3n) is 4.31. The van der Waals surface area contributed by atoms with Crippen molar-refractivity contribution in [2.75, 3.05) is 13.1 Å². The summed E-state index contributed by atoms with van der Waals surface area (Å²) in [4.78, 5) is 26.2.